The Morgan fingerprint density at radius 3 is 2.52 bits per heavy atom. The Hall–Kier alpha value is -1.88. The van der Waals surface area contributed by atoms with Gasteiger partial charge in [0.25, 0.3) is 0 Å². The van der Waals surface area contributed by atoms with Gasteiger partial charge in [0.05, 0.1) is 6.54 Å². The molecule has 2 aromatic carbocycles. The summed E-state index contributed by atoms with van der Waals surface area (Å²) in [5.74, 6) is 0.262. The minimum absolute atomic E-state index is 0.259. The number of hydrogen-bond acceptors (Lipinski definition) is 3. The average molecular weight is 305 g/mol. The third-order valence-electron chi connectivity index (χ3n) is 3.42. The van der Waals surface area contributed by atoms with E-state index >= 15 is 0 Å². The fourth-order valence-electron chi connectivity index (χ4n) is 2.45. The molecular weight excluding hydrogens is 291 g/mol. The molecule has 21 heavy (non-hydrogen) atoms. The summed E-state index contributed by atoms with van der Waals surface area (Å²) in [7, 11) is 0. The van der Waals surface area contributed by atoms with E-state index in [2.05, 4.69) is 0 Å². The molecule has 1 heterocycles. The van der Waals surface area contributed by atoms with Gasteiger partial charge in [-0.05, 0) is 41.5 Å². The summed E-state index contributed by atoms with van der Waals surface area (Å²) < 4.78 is 19.6. The lowest BCUT2D eigenvalue weighted by Gasteiger charge is -2.09. The predicted molar refractivity (Wildman–Crippen MR) is 82.4 cm³/mol. The van der Waals surface area contributed by atoms with Crippen LogP contribution in [0, 0.1) is 5.82 Å². The number of benzene rings is 2. The number of rotatable bonds is 3. The molecular formula is C16H14ClFN2O. The second kappa shape index (κ2) is 5.48. The SMILES string of the molecule is NCc1cc2cc(F)cc(-c3cc(Cl)ccc3CN)c2o1. The highest BCUT2D eigenvalue weighted by molar-refractivity contribution is 6.31. The molecule has 3 rings (SSSR count). The number of fused-ring (bicyclic) bond motifs is 1. The summed E-state index contributed by atoms with van der Waals surface area (Å²) in [5, 5.41) is 1.23. The van der Waals surface area contributed by atoms with E-state index in [1.807, 2.05) is 6.07 Å². The Kier molecular flexibility index (Phi) is 3.68. The maximum Gasteiger partial charge on any atom is 0.142 e. The lowest BCUT2D eigenvalue weighted by molar-refractivity contribution is 0.552. The molecule has 0 amide bonds. The number of furan rings is 1. The van der Waals surface area contributed by atoms with Crippen LogP contribution in [0.2, 0.25) is 5.02 Å². The lowest BCUT2D eigenvalue weighted by Crippen LogP contribution is -1.99. The molecule has 0 atom stereocenters. The van der Waals surface area contributed by atoms with Crippen LogP contribution < -0.4 is 11.5 Å². The molecule has 0 saturated heterocycles. The van der Waals surface area contributed by atoms with Gasteiger partial charge in [-0.2, -0.15) is 0 Å². The van der Waals surface area contributed by atoms with E-state index in [1.54, 1.807) is 18.2 Å². The average Bonchev–Trinajstić information content (AvgIpc) is 2.89. The molecule has 108 valence electrons. The first-order valence-electron chi connectivity index (χ1n) is 6.53. The number of nitrogens with two attached hydrogens (primary N) is 2. The van der Waals surface area contributed by atoms with Gasteiger partial charge in [0.2, 0.25) is 0 Å². The van der Waals surface area contributed by atoms with E-state index in [9.17, 15) is 4.39 Å². The maximum atomic E-state index is 13.9. The zero-order valence-electron chi connectivity index (χ0n) is 11.2. The Labute approximate surface area is 126 Å². The summed E-state index contributed by atoms with van der Waals surface area (Å²) in [6.45, 7) is 0.587. The Balaban J connectivity index is 2.33. The predicted octanol–water partition coefficient (Wildman–Crippen LogP) is 3.81. The van der Waals surface area contributed by atoms with Crippen LogP contribution in [0.4, 0.5) is 4.39 Å². The van der Waals surface area contributed by atoms with Gasteiger partial charge in [0, 0.05) is 22.5 Å². The molecule has 0 aliphatic carbocycles. The molecule has 0 saturated carbocycles. The van der Waals surface area contributed by atoms with Crippen molar-refractivity contribution >= 4 is 22.6 Å². The van der Waals surface area contributed by atoms with Gasteiger partial charge in [-0.1, -0.05) is 17.7 Å². The van der Waals surface area contributed by atoms with Crippen LogP contribution >= 0.6 is 11.6 Å². The first-order valence-corrected chi connectivity index (χ1v) is 6.91. The molecule has 3 nitrogen and oxygen atoms in total. The molecule has 0 unspecified atom stereocenters. The topological polar surface area (TPSA) is 65.2 Å². The molecule has 0 radical (unpaired) electrons. The van der Waals surface area contributed by atoms with E-state index in [4.69, 9.17) is 27.5 Å². The number of hydrogen-bond donors (Lipinski definition) is 2. The first kappa shape index (κ1) is 14.1. The maximum absolute atomic E-state index is 13.9. The highest BCUT2D eigenvalue weighted by atomic mass is 35.5. The largest absolute Gasteiger partial charge is 0.459 e. The van der Waals surface area contributed by atoms with Crippen LogP contribution in [0.1, 0.15) is 11.3 Å². The molecule has 0 fully saturated rings. The van der Waals surface area contributed by atoms with Crippen LogP contribution in [0.15, 0.2) is 40.8 Å². The zero-order chi connectivity index (χ0) is 15.0. The van der Waals surface area contributed by atoms with Crippen molar-refractivity contribution < 1.29 is 8.81 Å². The van der Waals surface area contributed by atoms with Gasteiger partial charge >= 0.3 is 0 Å². The van der Waals surface area contributed by atoms with Gasteiger partial charge in [-0.3, -0.25) is 0 Å². The van der Waals surface area contributed by atoms with Crippen molar-refractivity contribution in [1.82, 2.24) is 0 Å². The van der Waals surface area contributed by atoms with Crippen molar-refractivity contribution in [3.63, 3.8) is 0 Å². The quantitative estimate of drug-likeness (QED) is 0.773. The van der Waals surface area contributed by atoms with Crippen LogP contribution in [0.3, 0.4) is 0 Å². The molecule has 5 heteroatoms. The minimum Gasteiger partial charge on any atom is -0.459 e. The standard InChI is InChI=1S/C16H14ClFN2O/c17-11-2-1-9(7-19)14(5-11)15-6-12(18)3-10-4-13(8-20)21-16(10)15/h1-6H,7-8,19-20H2. The van der Waals surface area contributed by atoms with Crippen LogP contribution in [0.5, 0.6) is 0 Å². The fraction of sp³-hybridized carbons (Fsp3) is 0.125. The molecule has 0 spiro atoms. The van der Waals surface area contributed by atoms with Crippen LogP contribution in [-0.4, -0.2) is 0 Å². The lowest BCUT2D eigenvalue weighted by atomic mass is 9.98. The minimum atomic E-state index is -0.343. The van der Waals surface area contributed by atoms with Crippen molar-refractivity contribution in [2.45, 2.75) is 13.1 Å². The van der Waals surface area contributed by atoms with Crippen molar-refractivity contribution in [3.05, 3.63) is 58.6 Å². The normalized spacial score (nSPS) is 11.2. The van der Waals surface area contributed by atoms with Crippen molar-refractivity contribution in [3.8, 4) is 11.1 Å². The van der Waals surface area contributed by atoms with E-state index in [1.165, 1.54) is 12.1 Å². The fourth-order valence-corrected chi connectivity index (χ4v) is 2.62. The van der Waals surface area contributed by atoms with Crippen molar-refractivity contribution in [2.75, 3.05) is 0 Å². The first-order chi connectivity index (χ1) is 10.1. The van der Waals surface area contributed by atoms with Crippen molar-refractivity contribution in [2.24, 2.45) is 11.5 Å². The summed E-state index contributed by atoms with van der Waals surface area (Å²) in [5.41, 5.74) is 14.2. The summed E-state index contributed by atoms with van der Waals surface area (Å²) in [6.07, 6.45) is 0. The summed E-state index contributed by atoms with van der Waals surface area (Å²) in [6, 6.07) is 9.96. The molecule has 0 aliphatic heterocycles. The Bertz CT molecular complexity index is 813. The van der Waals surface area contributed by atoms with Gasteiger partial charge in [-0.25, -0.2) is 4.39 Å². The van der Waals surface area contributed by atoms with E-state index in [-0.39, 0.29) is 12.4 Å². The molecule has 1 aromatic heterocycles. The molecule has 3 aromatic rings. The smallest absolute Gasteiger partial charge is 0.142 e. The molecule has 0 bridgehead atoms. The molecule has 0 aliphatic rings. The third-order valence-corrected chi connectivity index (χ3v) is 3.65. The van der Waals surface area contributed by atoms with Crippen LogP contribution in [-0.2, 0) is 13.1 Å². The number of halogens is 2. The van der Waals surface area contributed by atoms with Crippen LogP contribution in [0.25, 0.3) is 22.1 Å². The molecule has 4 N–H and O–H groups in total. The van der Waals surface area contributed by atoms with Gasteiger partial charge in [0.15, 0.2) is 0 Å². The highest BCUT2D eigenvalue weighted by Crippen LogP contribution is 2.35. The summed E-state index contributed by atoms with van der Waals surface area (Å²) >= 11 is 6.06. The monoisotopic (exact) mass is 304 g/mol. The zero-order valence-corrected chi connectivity index (χ0v) is 12.0. The second-order valence-electron chi connectivity index (χ2n) is 4.79. The Morgan fingerprint density at radius 1 is 1.00 bits per heavy atom. The highest BCUT2D eigenvalue weighted by Gasteiger charge is 2.14. The van der Waals surface area contributed by atoms with E-state index < -0.39 is 0 Å². The summed E-state index contributed by atoms with van der Waals surface area (Å²) in [4.78, 5) is 0. The van der Waals surface area contributed by atoms with Gasteiger partial charge in [-0.15, -0.1) is 0 Å². The van der Waals surface area contributed by atoms with E-state index in [0.29, 0.717) is 33.9 Å². The van der Waals surface area contributed by atoms with E-state index in [0.717, 1.165) is 11.1 Å². The third kappa shape index (κ3) is 2.53. The second-order valence-corrected chi connectivity index (χ2v) is 5.23. The van der Waals surface area contributed by atoms with Gasteiger partial charge < -0.3 is 15.9 Å². The Morgan fingerprint density at radius 2 is 1.81 bits per heavy atom. The van der Waals surface area contributed by atoms with Crippen molar-refractivity contribution in [1.29, 1.82) is 0 Å². The van der Waals surface area contributed by atoms with Gasteiger partial charge in [0.1, 0.15) is 17.2 Å².